The average molecular weight is 320 g/mol. The minimum atomic E-state index is 0.411. The SMILES string of the molecule is CCc1noc(CN2CCN(Cc3nc(CC)no3)[C@@H](C)C2)n1. The van der Waals surface area contributed by atoms with Crippen LogP contribution >= 0.6 is 0 Å². The third-order valence-corrected chi connectivity index (χ3v) is 4.20. The molecule has 0 aliphatic carbocycles. The van der Waals surface area contributed by atoms with E-state index in [9.17, 15) is 0 Å². The maximum absolute atomic E-state index is 5.29. The Labute approximate surface area is 135 Å². The van der Waals surface area contributed by atoms with Gasteiger partial charge in [-0.05, 0) is 6.92 Å². The van der Waals surface area contributed by atoms with E-state index in [-0.39, 0.29) is 0 Å². The minimum absolute atomic E-state index is 0.411. The Morgan fingerprint density at radius 2 is 1.57 bits per heavy atom. The summed E-state index contributed by atoms with van der Waals surface area (Å²) in [6.07, 6.45) is 1.61. The minimum Gasteiger partial charge on any atom is -0.338 e. The largest absolute Gasteiger partial charge is 0.338 e. The van der Waals surface area contributed by atoms with Crippen molar-refractivity contribution >= 4 is 0 Å². The molecule has 1 fully saturated rings. The van der Waals surface area contributed by atoms with E-state index >= 15 is 0 Å². The Morgan fingerprint density at radius 3 is 2.09 bits per heavy atom. The number of rotatable bonds is 6. The summed E-state index contributed by atoms with van der Waals surface area (Å²) in [6.45, 7) is 10.6. The monoisotopic (exact) mass is 320 g/mol. The molecule has 23 heavy (non-hydrogen) atoms. The Hall–Kier alpha value is -1.80. The highest BCUT2D eigenvalue weighted by molar-refractivity contribution is 4.90. The summed E-state index contributed by atoms with van der Waals surface area (Å²) in [5.74, 6) is 2.95. The van der Waals surface area contributed by atoms with E-state index in [1.54, 1.807) is 0 Å². The van der Waals surface area contributed by atoms with Crippen molar-refractivity contribution in [1.29, 1.82) is 0 Å². The number of hydrogen-bond donors (Lipinski definition) is 0. The molecular formula is C15H24N6O2. The fourth-order valence-electron chi connectivity index (χ4n) is 2.81. The molecule has 2 aromatic heterocycles. The lowest BCUT2D eigenvalue weighted by molar-refractivity contribution is 0.0594. The van der Waals surface area contributed by atoms with Crippen molar-refractivity contribution in [3.8, 4) is 0 Å². The van der Waals surface area contributed by atoms with Gasteiger partial charge in [-0.1, -0.05) is 24.2 Å². The number of nitrogens with zero attached hydrogens (tertiary/aromatic N) is 6. The van der Waals surface area contributed by atoms with E-state index in [0.29, 0.717) is 30.9 Å². The van der Waals surface area contributed by atoms with E-state index in [2.05, 4.69) is 37.0 Å². The molecule has 1 atom stereocenters. The molecule has 126 valence electrons. The molecule has 3 heterocycles. The third kappa shape index (κ3) is 3.94. The predicted molar refractivity (Wildman–Crippen MR) is 82.5 cm³/mol. The second-order valence-electron chi connectivity index (χ2n) is 5.97. The molecule has 0 spiro atoms. The summed E-state index contributed by atoms with van der Waals surface area (Å²) < 4.78 is 10.6. The molecule has 0 bridgehead atoms. The first-order chi connectivity index (χ1) is 11.2. The molecule has 0 amide bonds. The Morgan fingerprint density at radius 1 is 0.957 bits per heavy atom. The van der Waals surface area contributed by atoms with E-state index in [1.165, 1.54) is 0 Å². The van der Waals surface area contributed by atoms with Crippen molar-refractivity contribution in [2.75, 3.05) is 19.6 Å². The van der Waals surface area contributed by atoms with Gasteiger partial charge in [0.25, 0.3) is 0 Å². The first-order valence-electron chi connectivity index (χ1n) is 8.27. The number of piperazine rings is 1. The predicted octanol–water partition coefficient (Wildman–Crippen LogP) is 1.28. The van der Waals surface area contributed by atoms with Crippen LogP contribution in [-0.2, 0) is 25.9 Å². The van der Waals surface area contributed by atoms with Crippen LogP contribution in [0.25, 0.3) is 0 Å². The Balaban J connectivity index is 1.52. The van der Waals surface area contributed by atoms with Crippen molar-refractivity contribution in [2.24, 2.45) is 0 Å². The maximum atomic E-state index is 5.29. The molecule has 1 aliphatic rings. The van der Waals surface area contributed by atoms with Gasteiger partial charge in [0.05, 0.1) is 13.1 Å². The highest BCUT2D eigenvalue weighted by atomic mass is 16.5. The standard InChI is InChI=1S/C15H24N6O2/c1-4-12-16-14(22-18-12)9-20-6-7-21(11(3)8-20)10-15-17-13(5-2)19-23-15/h11H,4-10H2,1-3H3/t11-/m0/s1. The van der Waals surface area contributed by atoms with Crippen molar-refractivity contribution < 1.29 is 9.05 Å². The Bertz CT molecular complexity index is 625. The third-order valence-electron chi connectivity index (χ3n) is 4.20. The van der Waals surface area contributed by atoms with Crippen molar-refractivity contribution in [1.82, 2.24) is 30.1 Å². The van der Waals surface area contributed by atoms with Crippen LogP contribution in [0, 0.1) is 0 Å². The quantitative estimate of drug-likeness (QED) is 0.787. The van der Waals surface area contributed by atoms with Crippen LogP contribution < -0.4 is 0 Å². The molecular weight excluding hydrogens is 296 g/mol. The zero-order valence-corrected chi connectivity index (χ0v) is 14.0. The van der Waals surface area contributed by atoms with Gasteiger partial charge in [0.2, 0.25) is 11.8 Å². The van der Waals surface area contributed by atoms with E-state index in [1.807, 2.05) is 13.8 Å². The van der Waals surface area contributed by atoms with Gasteiger partial charge in [-0.15, -0.1) is 0 Å². The fraction of sp³-hybridized carbons (Fsp3) is 0.733. The molecule has 0 unspecified atom stereocenters. The highest BCUT2D eigenvalue weighted by Gasteiger charge is 2.26. The summed E-state index contributed by atoms with van der Waals surface area (Å²) >= 11 is 0. The average Bonchev–Trinajstić information content (AvgIpc) is 3.19. The summed E-state index contributed by atoms with van der Waals surface area (Å²) in [4.78, 5) is 13.5. The van der Waals surface area contributed by atoms with Gasteiger partial charge >= 0.3 is 0 Å². The van der Waals surface area contributed by atoms with Gasteiger partial charge in [-0.3, -0.25) is 9.80 Å². The number of aryl methyl sites for hydroxylation is 2. The zero-order valence-electron chi connectivity index (χ0n) is 14.0. The molecule has 0 radical (unpaired) electrons. The smallest absolute Gasteiger partial charge is 0.240 e. The van der Waals surface area contributed by atoms with Crippen LogP contribution in [0.1, 0.15) is 44.2 Å². The van der Waals surface area contributed by atoms with Crippen LogP contribution in [-0.4, -0.2) is 55.8 Å². The molecule has 8 nitrogen and oxygen atoms in total. The second kappa shape index (κ2) is 7.18. The van der Waals surface area contributed by atoms with Gasteiger partial charge in [0, 0.05) is 38.5 Å². The van der Waals surface area contributed by atoms with Crippen molar-refractivity contribution in [3.63, 3.8) is 0 Å². The lowest BCUT2D eigenvalue weighted by atomic mass is 10.2. The molecule has 1 saturated heterocycles. The van der Waals surface area contributed by atoms with E-state index in [0.717, 1.165) is 44.1 Å². The molecule has 0 aromatic carbocycles. The van der Waals surface area contributed by atoms with E-state index < -0.39 is 0 Å². The summed E-state index contributed by atoms with van der Waals surface area (Å²) in [6, 6.07) is 0.411. The zero-order chi connectivity index (χ0) is 16.2. The lowest BCUT2D eigenvalue weighted by Crippen LogP contribution is -2.51. The molecule has 1 aliphatic heterocycles. The lowest BCUT2D eigenvalue weighted by Gasteiger charge is -2.38. The van der Waals surface area contributed by atoms with Gasteiger partial charge in [-0.25, -0.2) is 0 Å². The van der Waals surface area contributed by atoms with Crippen LogP contribution in [0.2, 0.25) is 0 Å². The van der Waals surface area contributed by atoms with Crippen LogP contribution in [0.5, 0.6) is 0 Å². The first kappa shape index (κ1) is 16.1. The van der Waals surface area contributed by atoms with Gasteiger partial charge in [-0.2, -0.15) is 9.97 Å². The normalized spacial score (nSPS) is 20.2. The van der Waals surface area contributed by atoms with Gasteiger partial charge in [0.1, 0.15) is 0 Å². The number of hydrogen-bond acceptors (Lipinski definition) is 8. The number of aromatic nitrogens is 4. The molecule has 3 rings (SSSR count). The Kier molecular flexibility index (Phi) is 5.02. The molecule has 8 heteroatoms. The first-order valence-corrected chi connectivity index (χ1v) is 8.27. The molecule has 2 aromatic rings. The maximum Gasteiger partial charge on any atom is 0.240 e. The van der Waals surface area contributed by atoms with Crippen molar-refractivity contribution in [3.05, 3.63) is 23.4 Å². The topological polar surface area (TPSA) is 84.3 Å². The van der Waals surface area contributed by atoms with Crippen LogP contribution in [0.4, 0.5) is 0 Å². The fourth-order valence-corrected chi connectivity index (χ4v) is 2.81. The van der Waals surface area contributed by atoms with Crippen molar-refractivity contribution in [2.45, 2.75) is 52.7 Å². The summed E-state index contributed by atoms with van der Waals surface area (Å²) in [5, 5.41) is 7.91. The second-order valence-corrected chi connectivity index (χ2v) is 5.97. The molecule has 0 N–H and O–H groups in total. The highest BCUT2D eigenvalue weighted by Crippen LogP contribution is 2.15. The van der Waals surface area contributed by atoms with Crippen LogP contribution in [0.3, 0.4) is 0 Å². The van der Waals surface area contributed by atoms with Gasteiger partial charge < -0.3 is 9.05 Å². The van der Waals surface area contributed by atoms with Crippen LogP contribution in [0.15, 0.2) is 9.05 Å². The van der Waals surface area contributed by atoms with E-state index in [4.69, 9.17) is 9.05 Å². The molecule has 0 saturated carbocycles. The van der Waals surface area contributed by atoms with Gasteiger partial charge in [0.15, 0.2) is 11.6 Å². The summed E-state index contributed by atoms with van der Waals surface area (Å²) in [5.41, 5.74) is 0. The summed E-state index contributed by atoms with van der Waals surface area (Å²) in [7, 11) is 0.